The lowest BCUT2D eigenvalue weighted by Crippen LogP contribution is -2.49. The zero-order valence-corrected chi connectivity index (χ0v) is 30.7. The van der Waals surface area contributed by atoms with Crippen LogP contribution in [0, 0.1) is 29.1 Å². The van der Waals surface area contributed by atoms with E-state index < -0.39 is 0 Å². The Morgan fingerprint density at radius 3 is 1.81 bits per heavy atom. The number of benzene rings is 5. The summed E-state index contributed by atoms with van der Waals surface area (Å²) in [4.78, 5) is 19.6. The molecule has 3 aliphatic rings. The van der Waals surface area contributed by atoms with Gasteiger partial charge in [0.2, 0.25) is 0 Å². The molecule has 0 saturated heterocycles. The Morgan fingerprint density at radius 2 is 1.17 bits per heavy atom. The molecular formula is C49H41N5. The van der Waals surface area contributed by atoms with E-state index in [1.165, 1.54) is 36.8 Å². The van der Waals surface area contributed by atoms with Crippen molar-refractivity contribution in [2.24, 2.45) is 17.8 Å². The number of hydrogen-bond donors (Lipinski definition) is 0. The molecule has 0 amide bonds. The quantitative estimate of drug-likeness (QED) is 0.165. The molecule has 3 aliphatic carbocycles. The molecule has 0 radical (unpaired) electrons. The Bertz CT molecular complexity index is 2470. The van der Waals surface area contributed by atoms with Gasteiger partial charge in [0.05, 0.1) is 11.6 Å². The van der Waals surface area contributed by atoms with Gasteiger partial charge in [-0.1, -0.05) is 111 Å². The van der Waals surface area contributed by atoms with Gasteiger partial charge in [0.15, 0.2) is 17.5 Å². The summed E-state index contributed by atoms with van der Waals surface area (Å²) in [5.41, 5.74) is 11.6. The number of pyridine rings is 1. The van der Waals surface area contributed by atoms with Gasteiger partial charge >= 0.3 is 0 Å². The summed E-state index contributed by atoms with van der Waals surface area (Å²) in [7, 11) is 0. The highest BCUT2D eigenvalue weighted by Crippen LogP contribution is 2.60. The van der Waals surface area contributed by atoms with Gasteiger partial charge in [-0.15, -0.1) is 0 Å². The Hall–Kier alpha value is -6.25. The van der Waals surface area contributed by atoms with Crippen LogP contribution in [0.4, 0.5) is 0 Å². The van der Waals surface area contributed by atoms with Crippen LogP contribution in [-0.4, -0.2) is 19.9 Å². The highest BCUT2D eigenvalue weighted by molar-refractivity contribution is 5.85. The monoisotopic (exact) mass is 699 g/mol. The minimum atomic E-state index is 0.339. The molecule has 54 heavy (non-hydrogen) atoms. The highest BCUT2D eigenvalue weighted by atomic mass is 15.0. The smallest absolute Gasteiger partial charge is 0.164 e. The van der Waals surface area contributed by atoms with Gasteiger partial charge in [-0.05, 0) is 118 Å². The topological polar surface area (TPSA) is 75.3 Å². The summed E-state index contributed by atoms with van der Waals surface area (Å²) in [5.74, 6) is 4.15. The van der Waals surface area contributed by atoms with Gasteiger partial charge in [-0.3, -0.25) is 4.98 Å². The fourth-order valence-electron chi connectivity index (χ4n) is 9.03. The Balaban J connectivity index is 1.10. The number of aromatic nitrogens is 4. The lowest BCUT2D eigenvalue weighted by Gasteiger charge is -2.54. The molecule has 5 nitrogen and oxygen atoms in total. The summed E-state index contributed by atoms with van der Waals surface area (Å²) < 4.78 is 0. The van der Waals surface area contributed by atoms with Crippen molar-refractivity contribution in [1.29, 1.82) is 5.26 Å². The molecule has 4 atom stereocenters. The largest absolute Gasteiger partial charge is 0.264 e. The Morgan fingerprint density at radius 1 is 0.556 bits per heavy atom. The standard InChI is InChI=1S/C49H41N5/c1-32-10-13-41-29-49(28-32,33(41)2)43-23-20-36(21-24-43)35-16-18-39(19-17-35)47-52-46(38-14-11-34(30-50)12-15-38)53-48(54-47)44-25-22-40(42-9-6-26-51-31-42)27-45(44)37-7-4-3-5-8-37/h3-9,11-12,14-27,31-33,41H,10,13,28-29H2,1-2H3/t32-,33+,41?,49?/m0/s1. The SMILES string of the molecule is C[C@H]1CCC2CC(c3ccc(-c4ccc(-c5nc(-c6ccc(C#N)cc6)nc(-c6ccc(-c7cccnc7)cc6-c6ccccc6)n5)cc4)cc3)(C1)[C@@H]2C. The first kappa shape index (κ1) is 33.6. The third kappa shape index (κ3) is 6.18. The van der Waals surface area contributed by atoms with Crippen LogP contribution in [0.3, 0.4) is 0 Å². The zero-order valence-electron chi connectivity index (χ0n) is 30.7. The summed E-state index contributed by atoms with van der Waals surface area (Å²) in [6.45, 7) is 4.92. The van der Waals surface area contributed by atoms with Crippen molar-refractivity contribution in [3.8, 4) is 73.6 Å². The molecule has 0 N–H and O–H groups in total. The Labute approximate surface area is 317 Å². The third-order valence-corrected chi connectivity index (χ3v) is 12.1. The normalized spacial score (nSPS) is 20.4. The van der Waals surface area contributed by atoms with Gasteiger partial charge in [-0.25, -0.2) is 15.0 Å². The molecule has 3 fully saturated rings. The first-order chi connectivity index (χ1) is 26.5. The van der Waals surface area contributed by atoms with Gasteiger partial charge < -0.3 is 0 Å². The van der Waals surface area contributed by atoms with E-state index in [0.29, 0.717) is 28.5 Å². The summed E-state index contributed by atoms with van der Waals surface area (Å²) >= 11 is 0. The van der Waals surface area contributed by atoms with Crippen molar-refractivity contribution in [2.45, 2.75) is 44.9 Å². The first-order valence-electron chi connectivity index (χ1n) is 19.1. The van der Waals surface area contributed by atoms with Crippen molar-refractivity contribution in [3.05, 3.63) is 157 Å². The lowest BCUT2D eigenvalue weighted by molar-refractivity contribution is 0.0451. The maximum atomic E-state index is 9.45. The molecule has 0 aliphatic heterocycles. The van der Waals surface area contributed by atoms with E-state index >= 15 is 0 Å². The molecular weight excluding hydrogens is 659 g/mol. The van der Waals surface area contributed by atoms with Crippen molar-refractivity contribution >= 4 is 0 Å². The molecule has 3 saturated carbocycles. The second kappa shape index (κ2) is 14.0. The van der Waals surface area contributed by atoms with Crippen LogP contribution >= 0.6 is 0 Å². The zero-order chi connectivity index (χ0) is 36.6. The molecule has 10 rings (SSSR count). The number of nitriles is 1. The van der Waals surface area contributed by atoms with E-state index in [-0.39, 0.29) is 0 Å². The molecule has 5 aromatic carbocycles. The van der Waals surface area contributed by atoms with Gasteiger partial charge in [-0.2, -0.15) is 5.26 Å². The fraction of sp³-hybridized carbons (Fsp3) is 0.204. The second-order valence-electron chi connectivity index (χ2n) is 15.3. The van der Waals surface area contributed by atoms with Crippen LogP contribution in [0.25, 0.3) is 67.5 Å². The molecule has 2 heterocycles. The van der Waals surface area contributed by atoms with E-state index in [0.717, 1.165) is 62.3 Å². The average Bonchev–Trinajstić information content (AvgIpc) is 3.51. The lowest BCUT2D eigenvalue weighted by atomic mass is 9.50. The van der Waals surface area contributed by atoms with Gasteiger partial charge in [0, 0.05) is 34.6 Å². The van der Waals surface area contributed by atoms with Crippen molar-refractivity contribution < 1.29 is 0 Å². The van der Waals surface area contributed by atoms with E-state index in [1.54, 1.807) is 18.3 Å². The third-order valence-electron chi connectivity index (χ3n) is 12.1. The molecule has 2 bridgehead atoms. The summed E-state index contributed by atoms with van der Waals surface area (Å²) in [6.07, 6.45) is 9.07. The van der Waals surface area contributed by atoms with Crippen molar-refractivity contribution in [2.75, 3.05) is 0 Å². The average molecular weight is 700 g/mol. The summed E-state index contributed by atoms with van der Waals surface area (Å²) in [5, 5.41) is 9.45. The van der Waals surface area contributed by atoms with E-state index in [2.05, 4.69) is 110 Å². The van der Waals surface area contributed by atoms with E-state index in [9.17, 15) is 5.26 Å². The van der Waals surface area contributed by atoms with E-state index in [4.69, 9.17) is 15.0 Å². The van der Waals surface area contributed by atoms with E-state index in [1.807, 2.05) is 42.6 Å². The Kier molecular flexibility index (Phi) is 8.67. The number of hydrogen-bond acceptors (Lipinski definition) is 5. The number of nitrogens with zero attached hydrogens (tertiary/aromatic N) is 5. The van der Waals surface area contributed by atoms with Crippen LogP contribution < -0.4 is 0 Å². The molecule has 0 spiro atoms. The van der Waals surface area contributed by atoms with Crippen LogP contribution in [0.1, 0.15) is 50.7 Å². The molecule has 262 valence electrons. The summed E-state index contributed by atoms with van der Waals surface area (Å²) in [6, 6.07) is 48.3. The van der Waals surface area contributed by atoms with Crippen LogP contribution in [0.5, 0.6) is 0 Å². The predicted molar refractivity (Wildman–Crippen MR) is 217 cm³/mol. The molecule has 2 unspecified atom stereocenters. The maximum absolute atomic E-state index is 9.45. The van der Waals surface area contributed by atoms with Crippen molar-refractivity contribution in [3.63, 3.8) is 0 Å². The molecule has 7 aromatic rings. The first-order valence-corrected chi connectivity index (χ1v) is 19.1. The fourth-order valence-corrected chi connectivity index (χ4v) is 9.03. The predicted octanol–water partition coefficient (Wildman–Crippen LogP) is 11.9. The van der Waals surface area contributed by atoms with Gasteiger partial charge in [0.25, 0.3) is 0 Å². The van der Waals surface area contributed by atoms with Crippen LogP contribution in [0.2, 0.25) is 0 Å². The number of fused-ring (bicyclic) bond motifs is 3. The molecule has 2 aromatic heterocycles. The minimum Gasteiger partial charge on any atom is -0.264 e. The number of rotatable bonds is 7. The minimum absolute atomic E-state index is 0.339. The highest BCUT2D eigenvalue weighted by Gasteiger charge is 2.53. The van der Waals surface area contributed by atoms with Gasteiger partial charge in [0.1, 0.15) is 0 Å². The second-order valence-corrected chi connectivity index (χ2v) is 15.3. The maximum Gasteiger partial charge on any atom is 0.164 e. The van der Waals surface area contributed by atoms with Crippen molar-refractivity contribution in [1.82, 2.24) is 19.9 Å². The molecule has 5 heteroatoms. The van der Waals surface area contributed by atoms with Crippen LogP contribution in [0.15, 0.2) is 146 Å². The van der Waals surface area contributed by atoms with Crippen LogP contribution in [-0.2, 0) is 5.41 Å².